The van der Waals surface area contributed by atoms with E-state index in [1.54, 1.807) is 24.3 Å². The maximum Gasteiger partial charge on any atom is 0.225 e. The number of nitrogens with zero attached hydrogens (tertiary/aromatic N) is 2. The van der Waals surface area contributed by atoms with Crippen LogP contribution in [0.1, 0.15) is 37.4 Å². The van der Waals surface area contributed by atoms with Crippen molar-refractivity contribution < 1.29 is 9.90 Å². The van der Waals surface area contributed by atoms with Gasteiger partial charge in [-0.25, -0.2) is 0 Å². The molecule has 1 amide bonds. The lowest BCUT2D eigenvalue weighted by Crippen LogP contribution is -2.55. The van der Waals surface area contributed by atoms with Gasteiger partial charge >= 0.3 is 0 Å². The molecule has 5 heteroatoms. The third kappa shape index (κ3) is 3.87. The van der Waals surface area contributed by atoms with Crippen molar-refractivity contribution in [2.75, 3.05) is 26.7 Å². The molecule has 0 aromatic heterocycles. The zero-order valence-corrected chi connectivity index (χ0v) is 14.4. The summed E-state index contributed by atoms with van der Waals surface area (Å²) in [5.41, 5.74) is 0.750. The number of aliphatic hydroxyl groups excluding tert-OH is 1. The number of hydrogen-bond acceptors (Lipinski definition) is 3. The van der Waals surface area contributed by atoms with Crippen LogP contribution in [0.5, 0.6) is 0 Å². The zero-order chi connectivity index (χ0) is 16.4. The zero-order valence-electron chi connectivity index (χ0n) is 13.6. The Hall–Kier alpha value is -1.10. The summed E-state index contributed by atoms with van der Waals surface area (Å²) in [6, 6.07) is 7.42. The Morgan fingerprint density at radius 1 is 1.30 bits per heavy atom. The van der Waals surface area contributed by atoms with Gasteiger partial charge in [-0.2, -0.15) is 0 Å². The van der Waals surface area contributed by atoms with Crippen molar-refractivity contribution in [3.63, 3.8) is 0 Å². The van der Waals surface area contributed by atoms with Gasteiger partial charge in [-0.15, -0.1) is 0 Å². The van der Waals surface area contributed by atoms with E-state index in [4.69, 9.17) is 11.6 Å². The maximum atomic E-state index is 12.7. The monoisotopic (exact) mass is 336 g/mol. The van der Waals surface area contributed by atoms with E-state index in [1.807, 2.05) is 4.90 Å². The number of fused-ring (bicyclic) bond motifs is 1. The molecule has 1 aromatic rings. The number of carbonyl (C=O) groups excluding carboxylic acids is 1. The third-order valence-electron chi connectivity index (χ3n) is 5.21. The predicted molar refractivity (Wildman–Crippen MR) is 91.4 cm³/mol. The lowest BCUT2D eigenvalue weighted by molar-refractivity contribution is -0.140. The molecule has 0 aliphatic carbocycles. The Kier molecular flexibility index (Phi) is 5.24. The molecule has 0 bridgehead atoms. The number of aliphatic hydroxyl groups is 1. The second kappa shape index (κ2) is 7.20. The minimum absolute atomic E-state index is 0.0757. The van der Waals surface area contributed by atoms with Gasteiger partial charge in [0.25, 0.3) is 0 Å². The standard InChI is InChI=1S/C18H25ClN2O2/c1-20-10-8-16-14(12-20)3-2-9-21(16)18(23)11-17(22)13-4-6-15(19)7-5-13/h4-7,14,16-17,22H,2-3,8-12H2,1H3. The fourth-order valence-electron chi connectivity index (χ4n) is 3.98. The molecule has 0 spiro atoms. The number of likely N-dealkylation sites (tertiary alicyclic amines) is 2. The summed E-state index contributed by atoms with van der Waals surface area (Å²) >= 11 is 5.87. The molecule has 2 aliphatic rings. The molecule has 3 atom stereocenters. The Balaban J connectivity index is 1.64. The van der Waals surface area contributed by atoms with E-state index < -0.39 is 6.10 Å². The molecule has 2 aliphatic heterocycles. The second-order valence-electron chi connectivity index (χ2n) is 6.88. The Morgan fingerprint density at radius 3 is 2.78 bits per heavy atom. The fourth-order valence-corrected chi connectivity index (χ4v) is 4.11. The minimum atomic E-state index is -0.758. The van der Waals surface area contributed by atoms with Gasteiger partial charge in [0, 0.05) is 24.2 Å². The van der Waals surface area contributed by atoms with E-state index in [-0.39, 0.29) is 12.3 Å². The van der Waals surface area contributed by atoms with E-state index in [9.17, 15) is 9.90 Å². The molecule has 2 saturated heterocycles. The van der Waals surface area contributed by atoms with Crippen LogP contribution >= 0.6 is 11.6 Å². The lowest BCUT2D eigenvalue weighted by Gasteiger charge is -2.46. The first-order chi connectivity index (χ1) is 11.0. The van der Waals surface area contributed by atoms with Crippen LogP contribution in [0.4, 0.5) is 0 Å². The van der Waals surface area contributed by atoms with Gasteiger partial charge in [0.15, 0.2) is 0 Å². The van der Waals surface area contributed by atoms with Crippen molar-refractivity contribution in [3.05, 3.63) is 34.9 Å². The SMILES string of the molecule is CN1CCC2C(CCCN2C(=O)CC(O)c2ccc(Cl)cc2)C1. The average molecular weight is 337 g/mol. The van der Waals surface area contributed by atoms with Crippen LogP contribution in [-0.2, 0) is 4.79 Å². The van der Waals surface area contributed by atoms with Crippen LogP contribution in [0.25, 0.3) is 0 Å². The number of halogens is 1. The number of rotatable bonds is 3. The minimum Gasteiger partial charge on any atom is -0.388 e. The van der Waals surface area contributed by atoms with Crippen LogP contribution in [0.3, 0.4) is 0 Å². The Bertz CT molecular complexity index is 548. The molecular weight excluding hydrogens is 312 g/mol. The topological polar surface area (TPSA) is 43.8 Å². The molecule has 4 nitrogen and oxygen atoms in total. The van der Waals surface area contributed by atoms with Crippen molar-refractivity contribution in [2.24, 2.45) is 5.92 Å². The highest BCUT2D eigenvalue weighted by Crippen LogP contribution is 2.31. The smallest absolute Gasteiger partial charge is 0.225 e. The number of amides is 1. The van der Waals surface area contributed by atoms with Crippen molar-refractivity contribution in [1.29, 1.82) is 0 Å². The Labute approximate surface area is 143 Å². The van der Waals surface area contributed by atoms with Crippen LogP contribution in [0, 0.1) is 5.92 Å². The largest absolute Gasteiger partial charge is 0.388 e. The molecule has 2 heterocycles. The first-order valence-corrected chi connectivity index (χ1v) is 8.84. The lowest BCUT2D eigenvalue weighted by atomic mass is 9.83. The van der Waals surface area contributed by atoms with Crippen LogP contribution in [0.15, 0.2) is 24.3 Å². The summed E-state index contributed by atoms with van der Waals surface area (Å²) in [5.74, 6) is 0.658. The molecule has 1 N–H and O–H groups in total. The molecule has 0 saturated carbocycles. The number of hydrogen-bond donors (Lipinski definition) is 1. The highest BCUT2D eigenvalue weighted by atomic mass is 35.5. The number of piperidine rings is 2. The van der Waals surface area contributed by atoms with Gasteiger partial charge in [0.1, 0.15) is 0 Å². The average Bonchev–Trinajstić information content (AvgIpc) is 2.54. The highest BCUT2D eigenvalue weighted by molar-refractivity contribution is 6.30. The number of carbonyl (C=O) groups is 1. The summed E-state index contributed by atoms with van der Waals surface area (Å²) in [6.45, 7) is 2.95. The molecule has 23 heavy (non-hydrogen) atoms. The van der Waals surface area contributed by atoms with Crippen molar-refractivity contribution in [3.8, 4) is 0 Å². The van der Waals surface area contributed by atoms with Crippen molar-refractivity contribution in [1.82, 2.24) is 9.80 Å². The van der Waals surface area contributed by atoms with E-state index in [0.29, 0.717) is 17.0 Å². The maximum absolute atomic E-state index is 12.7. The first-order valence-electron chi connectivity index (χ1n) is 8.46. The van der Waals surface area contributed by atoms with Gasteiger partial charge in [0.05, 0.1) is 12.5 Å². The van der Waals surface area contributed by atoms with Crippen LogP contribution in [0.2, 0.25) is 5.02 Å². The molecular formula is C18H25ClN2O2. The molecule has 0 radical (unpaired) electrons. The fraction of sp³-hybridized carbons (Fsp3) is 0.611. The Morgan fingerprint density at radius 2 is 2.04 bits per heavy atom. The highest BCUT2D eigenvalue weighted by Gasteiger charge is 2.37. The first kappa shape index (κ1) is 16.7. The molecule has 2 fully saturated rings. The summed E-state index contributed by atoms with van der Waals surface area (Å²) in [5, 5.41) is 11.0. The van der Waals surface area contributed by atoms with Gasteiger partial charge in [-0.1, -0.05) is 23.7 Å². The summed E-state index contributed by atoms with van der Waals surface area (Å²) in [7, 11) is 2.15. The number of benzene rings is 1. The van der Waals surface area contributed by atoms with Gasteiger partial charge in [-0.05, 0) is 56.5 Å². The van der Waals surface area contributed by atoms with Crippen molar-refractivity contribution in [2.45, 2.75) is 37.8 Å². The summed E-state index contributed by atoms with van der Waals surface area (Å²) < 4.78 is 0. The molecule has 3 unspecified atom stereocenters. The van der Waals surface area contributed by atoms with Crippen molar-refractivity contribution >= 4 is 17.5 Å². The molecule has 1 aromatic carbocycles. The quantitative estimate of drug-likeness (QED) is 0.923. The van der Waals surface area contributed by atoms with E-state index >= 15 is 0 Å². The molecule has 3 rings (SSSR count). The van der Waals surface area contributed by atoms with Gasteiger partial charge in [0.2, 0.25) is 5.91 Å². The van der Waals surface area contributed by atoms with E-state index in [1.165, 1.54) is 6.42 Å². The van der Waals surface area contributed by atoms with E-state index in [2.05, 4.69) is 11.9 Å². The predicted octanol–water partition coefficient (Wildman–Crippen LogP) is 2.71. The van der Waals surface area contributed by atoms with Crippen LogP contribution in [-0.4, -0.2) is 53.5 Å². The van der Waals surface area contributed by atoms with Gasteiger partial charge in [-0.3, -0.25) is 4.79 Å². The van der Waals surface area contributed by atoms with E-state index in [0.717, 1.165) is 38.0 Å². The summed E-state index contributed by atoms with van der Waals surface area (Å²) in [6.07, 6.45) is 2.72. The summed E-state index contributed by atoms with van der Waals surface area (Å²) in [4.78, 5) is 17.1. The normalized spacial score (nSPS) is 26.7. The second-order valence-corrected chi connectivity index (χ2v) is 7.32. The molecule has 126 valence electrons. The third-order valence-corrected chi connectivity index (χ3v) is 5.47. The van der Waals surface area contributed by atoms with Crippen LogP contribution < -0.4 is 0 Å². The van der Waals surface area contributed by atoms with Gasteiger partial charge < -0.3 is 14.9 Å².